The molecule has 0 aliphatic heterocycles. The van der Waals surface area contributed by atoms with Crippen LogP contribution in [0.3, 0.4) is 0 Å². The standard InChI is InChI=1S/C11H12Br3N5O/c1-3-19-7(6(12)4-15-19)5-18(2)11(20)9-8(13)10(14)17-16-9/h4H,3,5H2,1-2H3,(H,16,17). The fourth-order valence-corrected chi connectivity index (χ4v) is 2.79. The maximum Gasteiger partial charge on any atom is 0.275 e. The molecule has 0 fully saturated rings. The number of aromatic amines is 1. The Morgan fingerprint density at radius 3 is 2.70 bits per heavy atom. The molecular formula is C11H12Br3N5O. The van der Waals surface area contributed by atoms with Crippen LogP contribution >= 0.6 is 47.8 Å². The highest BCUT2D eigenvalue weighted by atomic mass is 79.9. The zero-order chi connectivity index (χ0) is 14.9. The third-order valence-corrected chi connectivity index (χ3v) is 5.34. The molecule has 0 radical (unpaired) electrons. The average molecular weight is 470 g/mol. The second-order valence-electron chi connectivity index (χ2n) is 4.12. The summed E-state index contributed by atoms with van der Waals surface area (Å²) in [5, 5.41) is 10.9. The van der Waals surface area contributed by atoms with Gasteiger partial charge in [0.15, 0.2) is 5.69 Å². The van der Waals surface area contributed by atoms with E-state index in [4.69, 9.17) is 0 Å². The predicted molar refractivity (Wildman–Crippen MR) is 85.4 cm³/mol. The van der Waals surface area contributed by atoms with Gasteiger partial charge in [0.25, 0.3) is 5.91 Å². The topological polar surface area (TPSA) is 66.8 Å². The number of amides is 1. The number of aryl methyl sites for hydroxylation is 1. The summed E-state index contributed by atoms with van der Waals surface area (Å²) in [7, 11) is 1.73. The molecule has 1 N–H and O–H groups in total. The first-order chi connectivity index (χ1) is 9.45. The second kappa shape index (κ2) is 6.40. The van der Waals surface area contributed by atoms with E-state index in [0.717, 1.165) is 16.7 Å². The molecule has 0 saturated heterocycles. The number of nitrogens with one attached hydrogen (secondary N) is 1. The Kier molecular flexibility index (Phi) is 5.03. The van der Waals surface area contributed by atoms with Crippen LogP contribution in [0, 0.1) is 0 Å². The molecule has 2 heterocycles. The van der Waals surface area contributed by atoms with Gasteiger partial charge in [-0.1, -0.05) is 0 Å². The minimum atomic E-state index is -0.172. The summed E-state index contributed by atoms with van der Waals surface area (Å²) < 4.78 is 4.01. The summed E-state index contributed by atoms with van der Waals surface area (Å²) in [6, 6.07) is 0. The molecule has 0 aromatic carbocycles. The molecule has 1 amide bonds. The third-order valence-electron chi connectivity index (χ3n) is 2.80. The fraction of sp³-hybridized carbons (Fsp3) is 0.364. The van der Waals surface area contributed by atoms with Crippen molar-refractivity contribution in [2.24, 2.45) is 0 Å². The van der Waals surface area contributed by atoms with Crippen molar-refractivity contribution in [3.05, 3.63) is 31.1 Å². The number of carbonyl (C=O) groups is 1. The molecule has 2 aromatic heterocycles. The highest BCUT2D eigenvalue weighted by Gasteiger charge is 2.22. The number of hydrogen-bond donors (Lipinski definition) is 1. The quantitative estimate of drug-likeness (QED) is 0.747. The monoisotopic (exact) mass is 467 g/mol. The lowest BCUT2D eigenvalue weighted by molar-refractivity contribution is 0.0774. The molecule has 0 unspecified atom stereocenters. The molecule has 0 saturated carbocycles. The van der Waals surface area contributed by atoms with Crippen molar-refractivity contribution in [3.8, 4) is 0 Å². The van der Waals surface area contributed by atoms with Crippen LogP contribution in [-0.4, -0.2) is 37.8 Å². The number of halogens is 3. The van der Waals surface area contributed by atoms with Crippen LogP contribution in [0.4, 0.5) is 0 Å². The fourth-order valence-electron chi connectivity index (χ4n) is 1.74. The normalized spacial score (nSPS) is 10.8. The van der Waals surface area contributed by atoms with Gasteiger partial charge in [0, 0.05) is 13.6 Å². The first-order valence-corrected chi connectivity index (χ1v) is 8.18. The molecule has 0 bridgehead atoms. The Morgan fingerprint density at radius 1 is 1.45 bits per heavy atom. The highest BCUT2D eigenvalue weighted by molar-refractivity contribution is 9.13. The Hall–Kier alpha value is -0.670. The predicted octanol–water partition coefficient (Wildman–Crippen LogP) is 3.19. The van der Waals surface area contributed by atoms with E-state index in [2.05, 4.69) is 63.1 Å². The molecular weight excluding hydrogens is 458 g/mol. The van der Waals surface area contributed by atoms with Gasteiger partial charge in [-0.15, -0.1) is 0 Å². The summed E-state index contributed by atoms with van der Waals surface area (Å²) >= 11 is 10.0. The van der Waals surface area contributed by atoms with Crippen molar-refractivity contribution in [1.29, 1.82) is 0 Å². The molecule has 0 aliphatic rings. The summed E-state index contributed by atoms with van der Waals surface area (Å²) in [6.45, 7) is 3.21. The van der Waals surface area contributed by atoms with Crippen LogP contribution in [0.1, 0.15) is 23.1 Å². The minimum Gasteiger partial charge on any atom is -0.334 e. The van der Waals surface area contributed by atoms with Gasteiger partial charge in [-0.25, -0.2) is 0 Å². The van der Waals surface area contributed by atoms with Gasteiger partial charge in [0.05, 0.1) is 27.4 Å². The van der Waals surface area contributed by atoms with Crippen molar-refractivity contribution in [2.45, 2.75) is 20.0 Å². The number of nitrogens with zero attached hydrogens (tertiary/aromatic N) is 4. The number of rotatable bonds is 4. The number of H-pyrrole nitrogens is 1. The van der Waals surface area contributed by atoms with Crippen molar-refractivity contribution in [2.75, 3.05) is 7.05 Å². The van der Waals surface area contributed by atoms with Crippen LogP contribution in [-0.2, 0) is 13.1 Å². The number of hydrogen-bond acceptors (Lipinski definition) is 3. The largest absolute Gasteiger partial charge is 0.334 e. The number of carbonyl (C=O) groups excluding carboxylic acids is 1. The third kappa shape index (κ3) is 2.99. The van der Waals surface area contributed by atoms with Crippen LogP contribution in [0.15, 0.2) is 19.7 Å². The molecule has 2 rings (SSSR count). The summed E-state index contributed by atoms with van der Waals surface area (Å²) in [5.74, 6) is -0.172. The molecule has 2 aromatic rings. The van der Waals surface area contributed by atoms with E-state index in [-0.39, 0.29) is 5.91 Å². The van der Waals surface area contributed by atoms with Crippen LogP contribution < -0.4 is 0 Å². The van der Waals surface area contributed by atoms with E-state index in [9.17, 15) is 4.79 Å². The van der Waals surface area contributed by atoms with Crippen LogP contribution in [0.5, 0.6) is 0 Å². The zero-order valence-electron chi connectivity index (χ0n) is 10.8. The van der Waals surface area contributed by atoms with Crippen LogP contribution in [0.25, 0.3) is 0 Å². The van der Waals surface area contributed by atoms with Gasteiger partial charge in [0.1, 0.15) is 4.60 Å². The number of aromatic nitrogens is 4. The van der Waals surface area contributed by atoms with Gasteiger partial charge < -0.3 is 4.90 Å². The minimum absolute atomic E-state index is 0.172. The molecule has 9 heteroatoms. The van der Waals surface area contributed by atoms with Gasteiger partial charge in [-0.2, -0.15) is 10.2 Å². The van der Waals surface area contributed by atoms with Crippen molar-refractivity contribution in [1.82, 2.24) is 24.9 Å². The lowest BCUT2D eigenvalue weighted by Gasteiger charge is -2.17. The van der Waals surface area contributed by atoms with E-state index in [1.165, 1.54) is 0 Å². The average Bonchev–Trinajstić information content (AvgIpc) is 2.94. The Morgan fingerprint density at radius 2 is 2.15 bits per heavy atom. The van der Waals surface area contributed by atoms with Gasteiger partial charge in [0.2, 0.25) is 0 Å². The van der Waals surface area contributed by atoms with Gasteiger partial charge in [-0.3, -0.25) is 14.6 Å². The van der Waals surface area contributed by atoms with Gasteiger partial charge in [-0.05, 0) is 54.7 Å². The van der Waals surface area contributed by atoms with Crippen molar-refractivity contribution < 1.29 is 4.79 Å². The first kappa shape index (κ1) is 15.7. The molecule has 108 valence electrons. The molecule has 0 atom stereocenters. The Bertz CT molecular complexity index is 636. The van der Waals surface area contributed by atoms with Gasteiger partial charge >= 0.3 is 0 Å². The zero-order valence-corrected chi connectivity index (χ0v) is 15.6. The SMILES string of the molecule is CCn1ncc(Br)c1CN(C)C(=O)c1n[nH]c(Br)c1Br. The molecule has 0 spiro atoms. The first-order valence-electron chi connectivity index (χ1n) is 5.80. The lowest BCUT2D eigenvalue weighted by atomic mass is 10.3. The lowest BCUT2D eigenvalue weighted by Crippen LogP contribution is -2.28. The van der Waals surface area contributed by atoms with Crippen molar-refractivity contribution >= 4 is 53.7 Å². The maximum atomic E-state index is 12.4. The van der Waals surface area contributed by atoms with E-state index in [0.29, 0.717) is 21.3 Å². The van der Waals surface area contributed by atoms with E-state index in [1.54, 1.807) is 18.1 Å². The smallest absolute Gasteiger partial charge is 0.275 e. The van der Waals surface area contributed by atoms with Crippen LogP contribution in [0.2, 0.25) is 0 Å². The maximum absolute atomic E-state index is 12.4. The highest BCUT2D eigenvalue weighted by Crippen LogP contribution is 2.25. The molecule has 6 nitrogen and oxygen atoms in total. The van der Waals surface area contributed by atoms with E-state index in [1.807, 2.05) is 11.6 Å². The summed E-state index contributed by atoms with van der Waals surface area (Å²) in [5.41, 5.74) is 1.30. The Labute approximate surface area is 141 Å². The summed E-state index contributed by atoms with van der Waals surface area (Å²) in [6.07, 6.45) is 1.73. The molecule has 20 heavy (non-hydrogen) atoms. The van der Waals surface area contributed by atoms with E-state index < -0.39 is 0 Å². The van der Waals surface area contributed by atoms with E-state index >= 15 is 0 Å². The van der Waals surface area contributed by atoms with Crippen molar-refractivity contribution in [3.63, 3.8) is 0 Å². The summed E-state index contributed by atoms with van der Waals surface area (Å²) in [4.78, 5) is 14.0. The second-order valence-corrected chi connectivity index (χ2v) is 6.56. The molecule has 0 aliphatic carbocycles. The Balaban J connectivity index is 2.20.